The third kappa shape index (κ3) is 3.23. The molecule has 0 bridgehead atoms. The van der Waals surface area contributed by atoms with Crippen LogP contribution in [0.5, 0.6) is 0 Å². The summed E-state index contributed by atoms with van der Waals surface area (Å²) in [5, 5.41) is 15.4. The molecule has 2 N–H and O–H groups in total. The largest absolute Gasteiger partial charge is 0.393 e. The first-order valence-corrected chi connectivity index (χ1v) is 10.1. The minimum absolute atomic E-state index is 0.0411. The van der Waals surface area contributed by atoms with Gasteiger partial charge in [0.15, 0.2) is 0 Å². The highest BCUT2D eigenvalue weighted by atomic mass is 32.1. The van der Waals surface area contributed by atoms with Crippen molar-refractivity contribution in [1.82, 2.24) is 10.2 Å². The Hall–Kier alpha value is -1.92. The number of aliphatic hydroxyl groups is 1. The van der Waals surface area contributed by atoms with Crippen LogP contribution in [0.25, 0.3) is 10.1 Å². The SMILES string of the molecule is CN(C(=O)c1csc2ccccc12)C1CCC(NC(=O)C2CC(O)C2)C1. The van der Waals surface area contributed by atoms with E-state index in [1.807, 2.05) is 41.6 Å². The van der Waals surface area contributed by atoms with Crippen LogP contribution in [0.3, 0.4) is 0 Å². The normalized spacial score (nSPS) is 27.9. The molecule has 2 aliphatic carbocycles. The summed E-state index contributed by atoms with van der Waals surface area (Å²) >= 11 is 1.60. The summed E-state index contributed by atoms with van der Waals surface area (Å²) in [6.45, 7) is 0. The molecule has 2 amide bonds. The molecule has 6 heteroatoms. The minimum atomic E-state index is -0.314. The number of nitrogens with one attached hydrogen (secondary N) is 1. The number of fused-ring (bicyclic) bond motifs is 1. The fourth-order valence-corrected chi connectivity index (χ4v) is 5.00. The third-order valence-electron chi connectivity index (χ3n) is 5.81. The first-order chi connectivity index (χ1) is 12.5. The molecule has 2 unspecified atom stereocenters. The lowest BCUT2D eigenvalue weighted by Gasteiger charge is -2.31. The Balaban J connectivity index is 1.37. The summed E-state index contributed by atoms with van der Waals surface area (Å²) in [4.78, 5) is 27.0. The van der Waals surface area contributed by atoms with Crippen molar-refractivity contribution in [1.29, 1.82) is 0 Å². The second-order valence-electron chi connectivity index (χ2n) is 7.56. The monoisotopic (exact) mass is 372 g/mol. The fourth-order valence-electron chi connectivity index (χ4n) is 4.06. The first kappa shape index (κ1) is 17.5. The fraction of sp³-hybridized carbons (Fsp3) is 0.500. The summed E-state index contributed by atoms with van der Waals surface area (Å²) in [6.07, 6.45) is 3.44. The van der Waals surface area contributed by atoms with Crippen molar-refractivity contribution >= 4 is 33.2 Å². The molecule has 2 aromatic rings. The van der Waals surface area contributed by atoms with E-state index in [0.717, 1.165) is 34.9 Å². The summed E-state index contributed by atoms with van der Waals surface area (Å²) < 4.78 is 1.13. The van der Waals surface area contributed by atoms with Gasteiger partial charge in [0.1, 0.15) is 0 Å². The van der Waals surface area contributed by atoms with Gasteiger partial charge in [-0.05, 0) is 38.2 Å². The number of hydrogen-bond donors (Lipinski definition) is 2. The molecule has 0 aliphatic heterocycles. The number of carbonyl (C=O) groups is 2. The molecule has 1 aromatic heterocycles. The van der Waals surface area contributed by atoms with Crippen molar-refractivity contribution in [2.24, 2.45) is 5.92 Å². The van der Waals surface area contributed by atoms with Gasteiger partial charge >= 0.3 is 0 Å². The molecule has 1 heterocycles. The maximum Gasteiger partial charge on any atom is 0.255 e. The predicted molar refractivity (Wildman–Crippen MR) is 102 cm³/mol. The van der Waals surface area contributed by atoms with Crippen LogP contribution in [-0.2, 0) is 4.79 Å². The molecular weight excluding hydrogens is 348 g/mol. The molecule has 2 aliphatic rings. The van der Waals surface area contributed by atoms with Crippen molar-refractivity contribution in [3.05, 3.63) is 35.2 Å². The summed E-state index contributed by atoms with van der Waals surface area (Å²) in [5.74, 6) is 0.0703. The third-order valence-corrected chi connectivity index (χ3v) is 6.78. The predicted octanol–water partition coefficient (Wildman–Crippen LogP) is 2.78. The Morgan fingerprint density at radius 3 is 2.73 bits per heavy atom. The van der Waals surface area contributed by atoms with Crippen molar-refractivity contribution in [3.8, 4) is 0 Å². The minimum Gasteiger partial charge on any atom is -0.393 e. The highest BCUT2D eigenvalue weighted by Crippen LogP contribution is 2.31. The zero-order valence-corrected chi connectivity index (χ0v) is 15.7. The second-order valence-corrected chi connectivity index (χ2v) is 8.47. The van der Waals surface area contributed by atoms with E-state index < -0.39 is 0 Å². The highest BCUT2D eigenvalue weighted by molar-refractivity contribution is 7.17. The highest BCUT2D eigenvalue weighted by Gasteiger charge is 2.36. The maximum absolute atomic E-state index is 13.0. The van der Waals surface area contributed by atoms with Crippen LogP contribution in [0.1, 0.15) is 42.5 Å². The van der Waals surface area contributed by atoms with Gasteiger partial charge in [-0.3, -0.25) is 9.59 Å². The van der Waals surface area contributed by atoms with E-state index in [1.165, 1.54) is 0 Å². The van der Waals surface area contributed by atoms with Crippen LogP contribution in [0.2, 0.25) is 0 Å². The molecule has 2 fully saturated rings. The van der Waals surface area contributed by atoms with E-state index >= 15 is 0 Å². The lowest BCUT2D eigenvalue weighted by atomic mass is 9.81. The van der Waals surface area contributed by atoms with E-state index in [0.29, 0.717) is 12.8 Å². The van der Waals surface area contributed by atoms with Crippen molar-refractivity contribution in [3.63, 3.8) is 0 Å². The van der Waals surface area contributed by atoms with Crippen LogP contribution in [0.15, 0.2) is 29.6 Å². The molecule has 2 atom stereocenters. The van der Waals surface area contributed by atoms with Crippen molar-refractivity contribution in [2.45, 2.75) is 50.3 Å². The van der Waals surface area contributed by atoms with Crippen LogP contribution in [0.4, 0.5) is 0 Å². The van der Waals surface area contributed by atoms with Crippen LogP contribution in [-0.4, -0.2) is 47.1 Å². The molecule has 1 aromatic carbocycles. The lowest BCUT2D eigenvalue weighted by Crippen LogP contribution is -2.45. The molecule has 4 rings (SSSR count). The molecule has 2 saturated carbocycles. The van der Waals surface area contributed by atoms with Crippen molar-refractivity contribution < 1.29 is 14.7 Å². The van der Waals surface area contributed by atoms with E-state index in [1.54, 1.807) is 11.3 Å². The Bertz CT molecular complexity index is 827. The van der Waals surface area contributed by atoms with Gasteiger partial charge in [-0.2, -0.15) is 0 Å². The number of aliphatic hydroxyl groups excluding tert-OH is 1. The van der Waals surface area contributed by atoms with Gasteiger partial charge < -0.3 is 15.3 Å². The molecule has 5 nitrogen and oxygen atoms in total. The van der Waals surface area contributed by atoms with E-state index in [2.05, 4.69) is 5.32 Å². The molecular formula is C20H24N2O3S. The summed E-state index contributed by atoms with van der Waals surface area (Å²) in [7, 11) is 1.87. The van der Waals surface area contributed by atoms with Crippen LogP contribution >= 0.6 is 11.3 Å². The number of carbonyl (C=O) groups excluding carboxylic acids is 2. The lowest BCUT2D eigenvalue weighted by molar-refractivity contribution is -0.132. The number of rotatable bonds is 4. The maximum atomic E-state index is 13.0. The van der Waals surface area contributed by atoms with Crippen LogP contribution < -0.4 is 5.32 Å². The quantitative estimate of drug-likeness (QED) is 0.867. The van der Waals surface area contributed by atoms with Crippen LogP contribution in [0, 0.1) is 5.92 Å². The Labute approximate surface area is 157 Å². The standard InChI is InChI=1S/C20H24N2O3S/c1-22(20(25)17-11-26-18-5-3-2-4-16(17)18)14-7-6-13(10-14)21-19(24)12-8-15(23)9-12/h2-5,11-15,23H,6-10H2,1H3,(H,21,24). The number of nitrogens with zero attached hydrogens (tertiary/aromatic N) is 1. The molecule has 0 radical (unpaired) electrons. The topological polar surface area (TPSA) is 69.6 Å². The van der Waals surface area contributed by atoms with Gasteiger partial charge in [0.05, 0.1) is 11.7 Å². The summed E-state index contributed by atoms with van der Waals surface area (Å²) in [6, 6.07) is 8.26. The van der Waals surface area contributed by atoms with Gasteiger partial charge in [-0.1, -0.05) is 18.2 Å². The number of hydrogen-bond acceptors (Lipinski definition) is 4. The average molecular weight is 372 g/mol. The number of thiophene rings is 1. The van der Waals surface area contributed by atoms with E-state index in [-0.39, 0.29) is 35.9 Å². The van der Waals surface area contributed by atoms with Crippen molar-refractivity contribution in [2.75, 3.05) is 7.05 Å². The zero-order valence-electron chi connectivity index (χ0n) is 14.9. The molecule has 0 spiro atoms. The Morgan fingerprint density at radius 1 is 1.19 bits per heavy atom. The molecule has 26 heavy (non-hydrogen) atoms. The first-order valence-electron chi connectivity index (χ1n) is 9.24. The van der Waals surface area contributed by atoms with E-state index in [4.69, 9.17) is 0 Å². The van der Waals surface area contributed by atoms with Gasteiger partial charge in [0.25, 0.3) is 5.91 Å². The second kappa shape index (κ2) is 7.00. The molecule has 0 saturated heterocycles. The van der Waals surface area contributed by atoms with Gasteiger partial charge in [-0.25, -0.2) is 0 Å². The van der Waals surface area contributed by atoms with Gasteiger partial charge in [0, 0.05) is 40.5 Å². The van der Waals surface area contributed by atoms with E-state index in [9.17, 15) is 14.7 Å². The Kier molecular flexibility index (Phi) is 4.71. The average Bonchev–Trinajstić information content (AvgIpc) is 3.24. The summed E-state index contributed by atoms with van der Waals surface area (Å²) in [5.41, 5.74) is 0.768. The number of amides is 2. The smallest absolute Gasteiger partial charge is 0.255 e. The zero-order chi connectivity index (χ0) is 18.3. The van der Waals surface area contributed by atoms with Gasteiger partial charge in [0.2, 0.25) is 5.91 Å². The Morgan fingerprint density at radius 2 is 1.96 bits per heavy atom. The molecule has 138 valence electrons. The number of benzene rings is 1. The van der Waals surface area contributed by atoms with Gasteiger partial charge in [-0.15, -0.1) is 11.3 Å².